The maximum Gasteiger partial charge on any atom is 0.244 e. The number of carbonyl (C=O) groups excluding carboxylic acids is 1. The van der Waals surface area contributed by atoms with Crippen molar-refractivity contribution in [2.75, 3.05) is 6.54 Å². The first kappa shape index (κ1) is 16.7. The predicted molar refractivity (Wildman–Crippen MR) is 83.3 cm³/mol. The number of sulfonamides is 1. The van der Waals surface area contributed by atoms with E-state index < -0.39 is 10.0 Å². The second-order valence-electron chi connectivity index (χ2n) is 5.25. The van der Waals surface area contributed by atoms with E-state index in [2.05, 4.69) is 0 Å². The predicted octanol–water partition coefficient (Wildman–Crippen LogP) is 3.52. The molecule has 4 nitrogen and oxygen atoms in total. The Morgan fingerprint density at radius 3 is 2.71 bits per heavy atom. The van der Waals surface area contributed by atoms with Crippen LogP contribution in [0.2, 0.25) is 10.0 Å². The number of ketones is 1. The van der Waals surface area contributed by atoms with Gasteiger partial charge >= 0.3 is 0 Å². The zero-order chi connectivity index (χ0) is 15.6. The van der Waals surface area contributed by atoms with Gasteiger partial charge in [0.1, 0.15) is 10.7 Å². The molecule has 7 heteroatoms. The van der Waals surface area contributed by atoms with Gasteiger partial charge in [-0.3, -0.25) is 4.79 Å². The van der Waals surface area contributed by atoms with E-state index in [0.29, 0.717) is 18.0 Å². The average Bonchev–Trinajstić information content (AvgIpc) is 2.41. The number of rotatable bonds is 4. The minimum absolute atomic E-state index is 0.00659. The molecule has 0 bridgehead atoms. The van der Waals surface area contributed by atoms with Gasteiger partial charge < -0.3 is 0 Å². The lowest BCUT2D eigenvalue weighted by molar-refractivity contribution is -0.118. The molecule has 0 aromatic heterocycles. The van der Waals surface area contributed by atoms with Crippen molar-refractivity contribution in [3.63, 3.8) is 0 Å². The van der Waals surface area contributed by atoms with Crippen LogP contribution in [0.25, 0.3) is 0 Å². The number of hydrogen-bond acceptors (Lipinski definition) is 3. The Bertz CT molecular complexity index is 646. The lowest BCUT2D eigenvalue weighted by Crippen LogP contribution is -2.44. The van der Waals surface area contributed by atoms with E-state index in [9.17, 15) is 13.2 Å². The van der Waals surface area contributed by atoms with Gasteiger partial charge in [0.15, 0.2) is 0 Å². The Hall–Kier alpha value is -0.620. The van der Waals surface area contributed by atoms with E-state index in [-0.39, 0.29) is 28.2 Å². The van der Waals surface area contributed by atoms with Crippen molar-refractivity contribution in [2.24, 2.45) is 0 Å². The minimum Gasteiger partial charge on any atom is -0.300 e. The van der Waals surface area contributed by atoms with Crippen LogP contribution in [-0.4, -0.2) is 31.1 Å². The number of benzene rings is 1. The van der Waals surface area contributed by atoms with Gasteiger partial charge in [0, 0.05) is 24.0 Å². The maximum absolute atomic E-state index is 12.8. The number of Topliss-reactive ketones (excluding diaryl/α,β-unsaturated/α-hetero) is 1. The molecule has 1 aromatic rings. The van der Waals surface area contributed by atoms with Crippen LogP contribution in [0.5, 0.6) is 0 Å². The molecule has 0 saturated carbocycles. The number of hydrogen-bond donors (Lipinski definition) is 0. The highest BCUT2D eigenvalue weighted by Gasteiger charge is 2.35. The summed E-state index contributed by atoms with van der Waals surface area (Å²) in [6.07, 6.45) is 2.63. The van der Waals surface area contributed by atoms with E-state index in [1.54, 1.807) is 6.07 Å². The van der Waals surface area contributed by atoms with Crippen molar-refractivity contribution in [2.45, 2.75) is 43.5 Å². The summed E-state index contributed by atoms with van der Waals surface area (Å²) >= 11 is 11.9. The summed E-state index contributed by atoms with van der Waals surface area (Å²) in [7, 11) is -3.75. The van der Waals surface area contributed by atoms with Crippen LogP contribution in [0.4, 0.5) is 0 Å². The summed E-state index contributed by atoms with van der Waals surface area (Å²) in [5.41, 5.74) is 0. The number of nitrogens with zero attached hydrogens (tertiary/aromatic N) is 1. The monoisotopic (exact) mass is 349 g/mol. The van der Waals surface area contributed by atoms with Gasteiger partial charge in [-0.25, -0.2) is 8.42 Å². The largest absolute Gasteiger partial charge is 0.300 e. The van der Waals surface area contributed by atoms with Gasteiger partial charge in [-0.2, -0.15) is 4.31 Å². The lowest BCUT2D eigenvalue weighted by Gasteiger charge is -2.34. The minimum atomic E-state index is -3.75. The van der Waals surface area contributed by atoms with Gasteiger partial charge in [0.25, 0.3) is 0 Å². The molecule has 1 aromatic carbocycles. The molecule has 116 valence electrons. The molecular weight excluding hydrogens is 333 g/mol. The summed E-state index contributed by atoms with van der Waals surface area (Å²) in [6, 6.07) is 4.09. The van der Waals surface area contributed by atoms with Crippen LogP contribution in [-0.2, 0) is 14.8 Å². The molecule has 0 amide bonds. The van der Waals surface area contributed by atoms with E-state index in [0.717, 1.165) is 12.8 Å². The van der Waals surface area contributed by atoms with Gasteiger partial charge in [0.05, 0.1) is 5.02 Å². The summed E-state index contributed by atoms with van der Waals surface area (Å²) < 4.78 is 27.0. The van der Waals surface area contributed by atoms with Crippen LogP contribution >= 0.6 is 23.2 Å². The molecule has 21 heavy (non-hydrogen) atoms. The van der Waals surface area contributed by atoms with E-state index in [1.807, 2.05) is 0 Å². The number of carbonyl (C=O) groups is 1. The van der Waals surface area contributed by atoms with Crippen molar-refractivity contribution in [3.8, 4) is 0 Å². The Kier molecular flexibility index (Phi) is 5.30. The van der Waals surface area contributed by atoms with Crippen molar-refractivity contribution in [3.05, 3.63) is 28.2 Å². The lowest BCUT2D eigenvalue weighted by atomic mass is 10.0. The van der Waals surface area contributed by atoms with Crippen molar-refractivity contribution in [1.82, 2.24) is 4.31 Å². The van der Waals surface area contributed by atoms with Crippen LogP contribution < -0.4 is 0 Å². The second kappa shape index (κ2) is 6.65. The molecule has 0 aliphatic carbocycles. The third-order valence-corrected chi connectivity index (χ3v) is 6.24. The highest BCUT2D eigenvalue weighted by atomic mass is 35.5. The van der Waals surface area contributed by atoms with Crippen LogP contribution in [0, 0.1) is 0 Å². The normalized spacial score (nSPS) is 20.4. The Labute approximate surface area is 135 Å². The fraction of sp³-hybridized carbons (Fsp3) is 0.500. The third-order valence-electron chi connectivity index (χ3n) is 3.58. The second-order valence-corrected chi connectivity index (χ2v) is 7.95. The van der Waals surface area contributed by atoms with Crippen LogP contribution in [0.3, 0.4) is 0 Å². The molecule has 0 N–H and O–H groups in total. The first-order valence-electron chi connectivity index (χ1n) is 6.78. The zero-order valence-electron chi connectivity index (χ0n) is 11.7. The van der Waals surface area contributed by atoms with E-state index in [4.69, 9.17) is 23.2 Å². The quantitative estimate of drug-likeness (QED) is 0.835. The topological polar surface area (TPSA) is 54.5 Å². The third kappa shape index (κ3) is 3.77. The summed E-state index contributed by atoms with van der Waals surface area (Å²) in [4.78, 5) is 11.4. The molecule has 1 unspecified atom stereocenters. The van der Waals surface area contributed by atoms with Crippen LogP contribution in [0.15, 0.2) is 23.1 Å². The molecule has 0 spiro atoms. The first-order chi connectivity index (χ1) is 9.82. The van der Waals surface area contributed by atoms with Gasteiger partial charge in [-0.05, 0) is 38.0 Å². The molecule has 0 radical (unpaired) electrons. The Morgan fingerprint density at radius 2 is 2.05 bits per heavy atom. The molecular formula is C14H17Cl2NO3S. The molecule has 1 aliphatic rings. The molecule has 1 fully saturated rings. The smallest absolute Gasteiger partial charge is 0.244 e. The fourth-order valence-corrected chi connectivity index (χ4v) is 5.06. The number of halogens is 2. The van der Waals surface area contributed by atoms with Gasteiger partial charge in [-0.15, -0.1) is 0 Å². The first-order valence-corrected chi connectivity index (χ1v) is 8.98. The van der Waals surface area contributed by atoms with Gasteiger partial charge in [-0.1, -0.05) is 29.6 Å². The standard InChI is InChI=1S/C14H17Cl2NO3S/c1-10(18)8-12-4-2-3-7-17(12)21(19,20)14-9-11(15)5-6-13(14)16/h5-6,9,12H,2-4,7-8H2,1H3. The summed E-state index contributed by atoms with van der Waals surface area (Å²) in [5.74, 6) is -0.0145. The molecule has 1 saturated heterocycles. The van der Waals surface area contributed by atoms with Crippen molar-refractivity contribution in [1.29, 1.82) is 0 Å². The Morgan fingerprint density at radius 1 is 1.33 bits per heavy atom. The van der Waals surface area contributed by atoms with E-state index in [1.165, 1.54) is 23.4 Å². The summed E-state index contributed by atoms with van der Waals surface area (Å²) in [6.45, 7) is 1.88. The van der Waals surface area contributed by atoms with Crippen molar-refractivity contribution < 1.29 is 13.2 Å². The molecule has 2 rings (SSSR count). The van der Waals surface area contributed by atoms with Crippen molar-refractivity contribution >= 4 is 39.0 Å². The zero-order valence-corrected chi connectivity index (χ0v) is 14.0. The SMILES string of the molecule is CC(=O)CC1CCCCN1S(=O)(=O)c1cc(Cl)ccc1Cl. The average molecular weight is 350 g/mol. The van der Waals surface area contributed by atoms with Gasteiger partial charge in [0.2, 0.25) is 10.0 Å². The fourth-order valence-electron chi connectivity index (χ4n) is 2.63. The molecule has 1 atom stereocenters. The molecule has 1 aliphatic heterocycles. The van der Waals surface area contributed by atoms with E-state index >= 15 is 0 Å². The highest BCUT2D eigenvalue weighted by molar-refractivity contribution is 7.89. The maximum atomic E-state index is 12.8. The number of piperidine rings is 1. The highest BCUT2D eigenvalue weighted by Crippen LogP contribution is 2.32. The summed E-state index contributed by atoms with van der Waals surface area (Å²) in [5, 5.41) is 0.463. The van der Waals surface area contributed by atoms with Crippen LogP contribution in [0.1, 0.15) is 32.6 Å². The Balaban J connectivity index is 2.40. The molecule has 1 heterocycles.